The van der Waals surface area contributed by atoms with Crippen molar-refractivity contribution < 1.29 is 28.2 Å². The fourth-order valence-electron chi connectivity index (χ4n) is 2.00. The van der Waals surface area contributed by atoms with Crippen molar-refractivity contribution in [2.24, 2.45) is 0 Å². The third-order valence-corrected chi connectivity index (χ3v) is 3.18. The van der Waals surface area contributed by atoms with Crippen LogP contribution in [0.3, 0.4) is 0 Å². The van der Waals surface area contributed by atoms with Gasteiger partial charge in [0.05, 0.1) is 19.3 Å². The van der Waals surface area contributed by atoms with E-state index in [0.29, 0.717) is 18.0 Å². The summed E-state index contributed by atoms with van der Waals surface area (Å²) in [5.74, 6) is -1.28. The van der Waals surface area contributed by atoms with E-state index in [2.05, 4.69) is 5.32 Å². The summed E-state index contributed by atoms with van der Waals surface area (Å²) < 4.78 is 28.7. The maximum Gasteiger partial charge on any atom is 0.341 e. The van der Waals surface area contributed by atoms with Gasteiger partial charge in [0.25, 0.3) is 5.91 Å². The Bertz CT molecular complexity index is 746. The number of halogens is 1. The lowest BCUT2D eigenvalue weighted by Crippen LogP contribution is -2.21. The maximum absolute atomic E-state index is 13.8. The van der Waals surface area contributed by atoms with Crippen LogP contribution in [0.25, 0.3) is 0 Å². The Kier molecular flexibility index (Phi) is 6.33. The molecule has 0 fully saturated rings. The number of carbonyl (C=O) groups excluding carboxylic acids is 2. The van der Waals surface area contributed by atoms with Crippen LogP contribution in [0.2, 0.25) is 0 Å². The normalized spacial score (nSPS) is 10.0. The Morgan fingerprint density at radius 3 is 2.36 bits per heavy atom. The molecular weight excluding hydrogens is 329 g/mol. The highest BCUT2D eigenvalue weighted by Crippen LogP contribution is 2.17. The van der Waals surface area contributed by atoms with Gasteiger partial charge in [-0.25, -0.2) is 9.18 Å². The van der Waals surface area contributed by atoms with Gasteiger partial charge < -0.3 is 19.5 Å². The molecule has 1 amide bonds. The first-order valence-electron chi connectivity index (χ1n) is 7.57. The number of hydrogen-bond donors (Lipinski definition) is 1. The fourth-order valence-corrected chi connectivity index (χ4v) is 2.00. The average Bonchev–Trinajstić information content (AvgIpc) is 2.61. The van der Waals surface area contributed by atoms with Crippen molar-refractivity contribution in [1.82, 2.24) is 0 Å². The molecule has 1 N–H and O–H groups in total. The van der Waals surface area contributed by atoms with E-state index in [1.54, 1.807) is 24.3 Å². The molecule has 0 aliphatic rings. The number of benzene rings is 2. The van der Waals surface area contributed by atoms with Crippen molar-refractivity contribution in [3.8, 4) is 11.5 Å². The second-order valence-electron chi connectivity index (χ2n) is 4.93. The summed E-state index contributed by atoms with van der Waals surface area (Å²) in [4.78, 5) is 23.6. The Hall–Kier alpha value is -3.09. The lowest BCUT2D eigenvalue weighted by atomic mass is 10.2. The minimum Gasteiger partial charge on any atom is -0.497 e. The molecule has 2 rings (SSSR count). The van der Waals surface area contributed by atoms with E-state index in [1.807, 2.05) is 6.92 Å². The van der Waals surface area contributed by atoms with Crippen LogP contribution in [0.15, 0.2) is 42.5 Å². The zero-order chi connectivity index (χ0) is 18.2. The zero-order valence-electron chi connectivity index (χ0n) is 13.9. The van der Waals surface area contributed by atoms with Crippen molar-refractivity contribution in [2.45, 2.75) is 6.92 Å². The number of esters is 1. The summed E-state index contributed by atoms with van der Waals surface area (Å²) in [7, 11) is 1.39. The standard InChI is InChI=1S/C18H18FNO5/c1-3-24-13-6-4-12(5-7-13)20-17(21)11-25-18(22)15-9-8-14(23-2)10-16(15)19/h4-10H,3,11H2,1-2H3,(H,20,21). The lowest BCUT2D eigenvalue weighted by Gasteiger charge is -2.08. The minimum absolute atomic E-state index is 0.269. The molecule has 25 heavy (non-hydrogen) atoms. The van der Waals surface area contributed by atoms with Gasteiger partial charge in [-0.1, -0.05) is 0 Å². The van der Waals surface area contributed by atoms with Gasteiger partial charge in [0.15, 0.2) is 6.61 Å². The number of amides is 1. The second kappa shape index (κ2) is 8.68. The van der Waals surface area contributed by atoms with E-state index in [4.69, 9.17) is 14.2 Å². The monoisotopic (exact) mass is 347 g/mol. The molecular formula is C18H18FNO5. The number of methoxy groups -OCH3 is 1. The van der Waals surface area contributed by atoms with E-state index < -0.39 is 24.3 Å². The third kappa shape index (κ3) is 5.20. The van der Waals surface area contributed by atoms with Crippen LogP contribution in [-0.4, -0.2) is 32.2 Å². The first-order chi connectivity index (χ1) is 12.0. The van der Waals surface area contributed by atoms with Crippen LogP contribution in [0, 0.1) is 5.82 Å². The van der Waals surface area contributed by atoms with Crippen molar-refractivity contribution in [1.29, 1.82) is 0 Å². The molecule has 7 heteroatoms. The summed E-state index contributed by atoms with van der Waals surface area (Å²) in [5, 5.41) is 2.57. The molecule has 0 heterocycles. The molecule has 0 atom stereocenters. The summed E-state index contributed by atoms with van der Waals surface area (Å²) in [6.07, 6.45) is 0. The van der Waals surface area contributed by atoms with Gasteiger partial charge in [-0.3, -0.25) is 4.79 Å². The van der Waals surface area contributed by atoms with Gasteiger partial charge in [0.1, 0.15) is 17.3 Å². The first kappa shape index (κ1) is 18.3. The molecule has 0 radical (unpaired) electrons. The molecule has 0 aliphatic carbocycles. The highest BCUT2D eigenvalue weighted by molar-refractivity contribution is 5.95. The molecule has 0 spiro atoms. The molecule has 0 bridgehead atoms. The van der Waals surface area contributed by atoms with Crippen LogP contribution in [0.4, 0.5) is 10.1 Å². The molecule has 0 unspecified atom stereocenters. The lowest BCUT2D eigenvalue weighted by molar-refractivity contribution is -0.119. The number of carbonyl (C=O) groups is 2. The Balaban J connectivity index is 1.87. The number of rotatable bonds is 7. The number of nitrogens with one attached hydrogen (secondary N) is 1. The summed E-state index contributed by atoms with van der Waals surface area (Å²) in [6, 6.07) is 10.5. The smallest absolute Gasteiger partial charge is 0.341 e. The molecule has 132 valence electrons. The third-order valence-electron chi connectivity index (χ3n) is 3.18. The SMILES string of the molecule is CCOc1ccc(NC(=O)COC(=O)c2ccc(OC)cc2F)cc1. The van der Waals surface area contributed by atoms with E-state index in [0.717, 1.165) is 6.07 Å². The largest absolute Gasteiger partial charge is 0.497 e. The van der Waals surface area contributed by atoms with Crippen LogP contribution in [-0.2, 0) is 9.53 Å². The van der Waals surface area contributed by atoms with Gasteiger partial charge in [0.2, 0.25) is 0 Å². The van der Waals surface area contributed by atoms with E-state index in [9.17, 15) is 14.0 Å². The average molecular weight is 347 g/mol. The van der Waals surface area contributed by atoms with Crippen molar-refractivity contribution >= 4 is 17.6 Å². The molecule has 0 saturated carbocycles. The minimum atomic E-state index is -0.929. The number of hydrogen-bond acceptors (Lipinski definition) is 5. The molecule has 0 aromatic heterocycles. The van der Waals surface area contributed by atoms with Crippen molar-refractivity contribution in [3.63, 3.8) is 0 Å². The van der Waals surface area contributed by atoms with Crippen LogP contribution < -0.4 is 14.8 Å². The van der Waals surface area contributed by atoms with Crippen LogP contribution in [0.1, 0.15) is 17.3 Å². The molecule has 0 aliphatic heterocycles. The predicted molar refractivity (Wildman–Crippen MR) is 89.5 cm³/mol. The van der Waals surface area contributed by atoms with Gasteiger partial charge in [-0.2, -0.15) is 0 Å². The van der Waals surface area contributed by atoms with E-state index in [-0.39, 0.29) is 11.3 Å². The van der Waals surface area contributed by atoms with Gasteiger partial charge >= 0.3 is 5.97 Å². The summed E-state index contributed by atoms with van der Waals surface area (Å²) in [5.41, 5.74) is 0.259. The summed E-state index contributed by atoms with van der Waals surface area (Å²) in [6.45, 7) is 1.89. The first-order valence-corrected chi connectivity index (χ1v) is 7.57. The topological polar surface area (TPSA) is 73.9 Å². The molecule has 0 saturated heterocycles. The number of anilines is 1. The van der Waals surface area contributed by atoms with Crippen molar-refractivity contribution in [3.05, 3.63) is 53.8 Å². The highest BCUT2D eigenvalue weighted by Gasteiger charge is 2.15. The molecule has 2 aromatic carbocycles. The number of ether oxygens (including phenoxy) is 3. The van der Waals surface area contributed by atoms with Crippen molar-refractivity contribution in [2.75, 3.05) is 25.6 Å². The molecule has 2 aromatic rings. The molecule has 6 nitrogen and oxygen atoms in total. The van der Waals surface area contributed by atoms with Gasteiger partial charge in [-0.15, -0.1) is 0 Å². The summed E-state index contributed by atoms with van der Waals surface area (Å²) >= 11 is 0. The predicted octanol–water partition coefficient (Wildman–Crippen LogP) is 3.03. The van der Waals surface area contributed by atoms with E-state index >= 15 is 0 Å². The van der Waals surface area contributed by atoms with Gasteiger partial charge in [0, 0.05) is 11.8 Å². The Morgan fingerprint density at radius 2 is 1.76 bits per heavy atom. The van der Waals surface area contributed by atoms with Crippen LogP contribution in [0.5, 0.6) is 11.5 Å². The maximum atomic E-state index is 13.8. The fraction of sp³-hybridized carbons (Fsp3) is 0.222. The zero-order valence-corrected chi connectivity index (χ0v) is 13.9. The Morgan fingerprint density at radius 1 is 1.08 bits per heavy atom. The Labute approximate surface area is 144 Å². The van der Waals surface area contributed by atoms with Crippen LogP contribution >= 0.6 is 0 Å². The van der Waals surface area contributed by atoms with Gasteiger partial charge in [-0.05, 0) is 43.3 Å². The quantitative estimate of drug-likeness (QED) is 0.780. The van der Waals surface area contributed by atoms with E-state index in [1.165, 1.54) is 19.2 Å². The second-order valence-corrected chi connectivity index (χ2v) is 4.93. The highest BCUT2D eigenvalue weighted by atomic mass is 19.1.